The Morgan fingerprint density at radius 1 is 1.21 bits per heavy atom. The number of nitrogens with zero attached hydrogens (tertiary/aromatic N) is 3. The molecule has 2 aliphatic rings. The molecule has 0 atom stereocenters. The van der Waals surface area contributed by atoms with Crippen molar-refractivity contribution >= 4 is 44.2 Å². The second kappa shape index (κ2) is 8.54. The van der Waals surface area contributed by atoms with Gasteiger partial charge in [-0.25, -0.2) is 4.98 Å². The monoisotopic (exact) mass is 418 g/mol. The summed E-state index contributed by atoms with van der Waals surface area (Å²) in [4.78, 5) is 33.0. The summed E-state index contributed by atoms with van der Waals surface area (Å²) < 4.78 is 12.0. The molecular weight excluding hydrogens is 392 g/mol. The smallest absolute Gasteiger partial charge is 0.229 e. The standard InChI is InChI=1S/C20H26N4O4S/c1-13(25)23-7-5-14(6-8-23)19(26)22-20-21-17-16(27-2)4-3-15(18(17)29-20)24-9-11-28-12-10-24/h3-4,14H,5-12H2,1-2H3,(H,21,22,26). The van der Waals surface area contributed by atoms with Crippen LogP contribution in [0.3, 0.4) is 0 Å². The van der Waals surface area contributed by atoms with Crippen molar-refractivity contribution in [3.05, 3.63) is 12.1 Å². The lowest BCUT2D eigenvalue weighted by Crippen LogP contribution is -2.40. The van der Waals surface area contributed by atoms with E-state index in [1.165, 1.54) is 11.3 Å². The molecule has 8 nitrogen and oxygen atoms in total. The molecule has 0 spiro atoms. The van der Waals surface area contributed by atoms with Gasteiger partial charge in [-0.2, -0.15) is 0 Å². The molecule has 2 aliphatic heterocycles. The number of amides is 2. The van der Waals surface area contributed by atoms with Crippen LogP contribution in [0.5, 0.6) is 5.75 Å². The van der Waals surface area contributed by atoms with Crippen LogP contribution < -0.4 is 15.0 Å². The van der Waals surface area contributed by atoms with Gasteiger partial charge in [0.2, 0.25) is 11.8 Å². The molecule has 0 aliphatic carbocycles. The molecule has 1 aromatic carbocycles. The quantitative estimate of drug-likeness (QED) is 0.821. The number of piperidine rings is 1. The summed E-state index contributed by atoms with van der Waals surface area (Å²) in [6, 6.07) is 3.98. The molecule has 3 heterocycles. The summed E-state index contributed by atoms with van der Waals surface area (Å²) >= 11 is 1.47. The minimum atomic E-state index is -0.0989. The number of hydrogen-bond acceptors (Lipinski definition) is 7. The molecule has 0 unspecified atom stereocenters. The van der Waals surface area contributed by atoms with Gasteiger partial charge in [-0.1, -0.05) is 11.3 Å². The molecule has 0 saturated carbocycles. The van der Waals surface area contributed by atoms with Gasteiger partial charge in [0.25, 0.3) is 0 Å². The summed E-state index contributed by atoms with van der Waals surface area (Å²) in [5, 5.41) is 3.57. The molecule has 0 bridgehead atoms. The van der Waals surface area contributed by atoms with E-state index in [1.807, 2.05) is 12.1 Å². The molecule has 2 amide bonds. The van der Waals surface area contributed by atoms with Crippen LogP contribution in [0.2, 0.25) is 0 Å². The number of benzene rings is 1. The summed E-state index contributed by atoms with van der Waals surface area (Å²) in [5.41, 5.74) is 1.86. The molecule has 4 rings (SSSR count). The first-order valence-corrected chi connectivity index (χ1v) is 10.7. The van der Waals surface area contributed by atoms with E-state index in [0.29, 0.717) is 50.0 Å². The Bertz CT molecular complexity index is 901. The van der Waals surface area contributed by atoms with E-state index in [0.717, 1.165) is 29.0 Å². The first-order valence-electron chi connectivity index (χ1n) is 9.93. The summed E-state index contributed by atoms with van der Waals surface area (Å²) in [6.07, 6.45) is 1.36. The number of ether oxygens (including phenoxy) is 2. The fourth-order valence-electron chi connectivity index (χ4n) is 3.91. The lowest BCUT2D eigenvalue weighted by atomic mass is 9.96. The third kappa shape index (κ3) is 4.16. The van der Waals surface area contributed by atoms with Crippen LogP contribution in [0.4, 0.5) is 10.8 Å². The van der Waals surface area contributed by atoms with Crippen LogP contribution >= 0.6 is 11.3 Å². The third-order valence-corrected chi connectivity index (χ3v) is 6.59. The Kier molecular flexibility index (Phi) is 5.86. The highest BCUT2D eigenvalue weighted by atomic mass is 32.1. The van der Waals surface area contributed by atoms with Crippen molar-refractivity contribution in [2.45, 2.75) is 19.8 Å². The molecule has 156 valence electrons. The first kappa shape index (κ1) is 19.9. The molecule has 29 heavy (non-hydrogen) atoms. The minimum Gasteiger partial charge on any atom is -0.494 e. The largest absolute Gasteiger partial charge is 0.494 e. The van der Waals surface area contributed by atoms with Crippen molar-refractivity contribution in [1.29, 1.82) is 0 Å². The van der Waals surface area contributed by atoms with Gasteiger partial charge < -0.3 is 24.6 Å². The van der Waals surface area contributed by atoms with E-state index in [-0.39, 0.29) is 17.7 Å². The Labute approximate surface area is 173 Å². The fraction of sp³-hybridized carbons (Fsp3) is 0.550. The number of carbonyl (C=O) groups excluding carboxylic acids is 2. The SMILES string of the molecule is COc1ccc(N2CCOCC2)c2sc(NC(=O)C3CCN(C(C)=O)CC3)nc12. The topological polar surface area (TPSA) is 84.0 Å². The van der Waals surface area contributed by atoms with Crippen LogP contribution in [-0.4, -0.2) is 68.2 Å². The number of anilines is 2. The van der Waals surface area contributed by atoms with Crippen molar-refractivity contribution in [3.8, 4) is 5.75 Å². The van der Waals surface area contributed by atoms with Gasteiger partial charge in [-0.15, -0.1) is 0 Å². The predicted molar refractivity (Wildman–Crippen MR) is 113 cm³/mol. The highest BCUT2D eigenvalue weighted by Gasteiger charge is 2.27. The van der Waals surface area contributed by atoms with E-state index in [1.54, 1.807) is 18.9 Å². The number of aromatic nitrogens is 1. The maximum Gasteiger partial charge on any atom is 0.229 e. The van der Waals surface area contributed by atoms with Crippen molar-refractivity contribution in [2.75, 3.05) is 56.7 Å². The van der Waals surface area contributed by atoms with Crippen molar-refractivity contribution in [3.63, 3.8) is 0 Å². The molecule has 1 aromatic heterocycles. The van der Waals surface area contributed by atoms with Crippen molar-refractivity contribution < 1.29 is 19.1 Å². The molecular formula is C20H26N4O4S. The Morgan fingerprint density at radius 3 is 2.59 bits per heavy atom. The molecule has 1 N–H and O–H groups in total. The van der Waals surface area contributed by atoms with Crippen molar-refractivity contribution in [1.82, 2.24) is 9.88 Å². The van der Waals surface area contributed by atoms with Gasteiger partial charge in [-0.3, -0.25) is 9.59 Å². The predicted octanol–water partition coefficient (Wildman–Crippen LogP) is 2.34. The number of nitrogens with one attached hydrogen (secondary N) is 1. The zero-order chi connectivity index (χ0) is 20.4. The summed E-state index contributed by atoms with van der Waals surface area (Å²) in [5.74, 6) is 0.638. The average molecular weight is 419 g/mol. The van der Waals surface area contributed by atoms with Crippen molar-refractivity contribution in [2.24, 2.45) is 5.92 Å². The third-order valence-electron chi connectivity index (χ3n) is 5.60. The summed E-state index contributed by atoms with van der Waals surface area (Å²) in [7, 11) is 1.63. The van der Waals surface area contributed by atoms with Gasteiger partial charge in [0.05, 0.1) is 30.7 Å². The Hall–Kier alpha value is -2.39. The molecule has 2 fully saturated rings. The average Bonchev–Trinajstić information content (AvgIpc) is 3.17. The molecule has 2 aromatic rings. The van der Waals surface area contributed by atoms with E-state index in [4.69, 9.17) is 9.47 Å². The Morgan fingerprint density at radius 2 is 1.93 bits per heavy atom. The van der Waals surface area contributed by atoms with Crippen LogP contribution in [-0.2, 0) is 14.3 Å². The van der Waals surface area contributed by atoms with Gasteiger partial charge in [0.1, 0.15) is 11.3 Å². The molecule has 2 saturated heterocycles. The second-order valence-corrected chi connectivity index (χ2v) is 8.35. The number of hydrogen-bond donors (Lipinski definition) is 1. The van der Waals surface area contributed by atoms with Crippen LogP contribution in [0.15, 0.2) is 12.1 Å². The second-order valence-electron chi connectivity index (χ2n) is 7.35. The highest BCUT2D eigenvalue weighted by molar-refractivity contribution is 7.23. The van der Waals surface area contributed by atoms with E-state index in [9.17, 15) is 9.59 Å². The van der Waals surface area contributed by atoms with Crippen LogP contribution in [0.1, 0.15) is 19.8 Å². The van der Waals surface area contributed by atoms with Gasteiger partial charge in [0, 0.05) is 39.0 Å². The minimum absolute atomic E-state index is 0.0286. The maximum atomic E-state index is 12.8. The number of rotatable bonds is 4. The number of methoxy groups -OCH3 is 1. The first-order chi connectivity index (χ1) is 14.1. The van der Waals surface area contributed by atoms with Gasteiger partial charge >= 0.3 is 0 Å². The fourth-order valence-corrected chi connectivity index (χ4v) is 4.93. The number of thiazole rings is 1. The number of likely N-dealkylation sites (tertiary alicyclic amines) is 1. The lowest BCUT2D eigenvalue weighted by Gasteiger charge is -2.30. The van der Waals surface area contributed by atoms with E-state index < -0.39 is 0 Å². The lowest BCUT2D eigenvalue weighted by molar-refractivity contribution is -0.132. The molecule has 0 radical (unpaired) electrons. The van der Waals surface area contributed by atoms with E-state index >= 15 is 0 Å². The van der Waals surface area contributed by atoms with Gasteiger partial charge in [0.15, 0.2) is 5.13 Å². The van der Waals surface area contributed by atoms with Crippen LogP contribution in [0.25, 0.3) is 10.2 Å². The zero-order valence-corrected chi connectivity index (χ0v) is 17.6. The van der Waals surface area contributed by atoms with Crippen LogP contribution in [0, 0.1) is 5.92 Å². The number of carbonyl (C=O) groups is 2. The van der Waals surface area contributed by atoms with E-state index in [2.05, 4.69) is 15.2 Å². The summed E-state index contributed by atoms with van der Waals surface area (Å²) in [6.45, 7) is 5.89. The molecule has 9 heteroatoms. The maximum absolute atomic E-state index is 12.8. The van der Waals surface area contributed by atoms with Gasteiger partial charge in [-0.05, 0) is 25.0 Å². The zero-order valence-electron chi connectivity index (χ0n) is 16.8. The number of fused-ring (bicyclic) bond motifs is 1. The normalized spacial score (nSPS) is 18.1. The number of morpholine rings is 1. The highest BCUT2D eigenvalue weighted by Crippen LogP contribution is 2.39. The Balaban J connectivity index is 1.53.